The first-order valence-corrected chi connectivity index (χ1v) is 8.04. The first kappa shape index (κ1) is 17.9. The van der Waals surface area contributed by atoms with Crippen molar-refractivity contribution < 1.29 is 14.3 Å². The van der Waals surface area contributed by atoms with Crippen molar-refractivity contribution in [1.82, 2.24) is 5.32 Å². The molecule has 4 nitrogen and oxygen atoms in total. The van der Waals surface area contributed by atoms with Crippen molar-refractivity contribution in [3.63, 3.8) is 0 Å². The number of ether oxygens (including phenoxy) is 1. The van der Waals surface area contributed by atoms with Crippen LogP contribution in [-0.4, -0.2) is 30.8 Å². The lowest BCUT2D eigenvalue weighted by atomic mass is 10.0. The average molecular weight is 330 g/mol. The molecule has 1 aromatic rings. The number of benzene rings is 1. The molecule has 0 radical (unpaired) electrons. The Hall–Kier alpha value is -1.20. The zero-order valence-corrected chi connectivity index (χ0v) is 14.0. The minimum atomic E-state index is -0.590. The molecule has 1 amide bonds. The van der Waals surface area contributed by atoms with Crippen LogP contribution >= 0.6 is 23.4 Å². The minimum Gasteiger partial charge on any atom is -0.467 e. The summed E-state index contributed by atoms with van der Waals surface area (Å²) in [4.78, 5) is 24.5. The van der Waals surface area contributed by atoms with E-state index in [0.29, 0.717) is 17.4 Å². The number of amides is 1. The Morgan fingerprint density at radius 1 is 1.29 bits per heavy atom. The average Bonchev–Trinajstić information content (AvgIpc) is 2.44. The van der Waals surface area contributed by atoms with Gasteiger partial charge < -0.3 is 10.1 Å². The van der Waals surface area contributed by atoms with Gasteiger partial charge in [0.05, 0.1) is 12.9 Å². The Kier molecular flexibility index (Phi) is 7.61. The zero-order chi connectivity index (χ0) is 15.8. The van der Waals surface area contributed by atoms with E-state index in [1.807, 2.05) is 26.0 Å². The first-order valence-electron chi connectivity index (χ1n) is 6.68. The Bertz CT molecular complexity index is 476. The standard InChI is InChI=1S/C15H20ClNO3S/c1-10(2)8-13(15(19)20-3)17-14(18)9-21-12-6-4-11(16)5-7-12/h4-7,10,13H,8-9H2,1-3H3,(H,17,18)/t13-/m1/s1. The molecule has 0 saturated heterocycles. The molecule has 0 unspecified atom stereocenters. The second kappa shape index (κ2) is 8.95. The quantitative estimate of drug-likeness (QED) is 0.617. The third-order valence-corrected chi connectivity index (χ3v) is 3.98. The third kappa shape index (κ3) is 6.87. The van der Waals surface area contributed by atoms with Gasteiger partial charge in [0.1, 0.15) is 6.04 Å². The van der Waals surface area contributed by atoms with Gasteiger partial charge in [-0.05, 0) is 36.6 Å². The Morgan fingerprint density at radius 3 is 2.43 bits per heavy atom. The molecule has 6 heteroatoms. The van der Waals surface area contributed by atoms with E-state index in [1.54, 1.807) is 12.1 Å². The number of thioether (sulfide) groups is 1. The molecule has 0 aliphatic carbocycles. The highest BCUT2D eigenvalue weighted by atomic mass is 35.5. The fourth-order valence-corrected chi connectivity index (χ4v) is 2.58. The molecule has 0 saturated carbocycles. The van der Waals surface area contributed by atoms with E-state index < -0.39 is 12.0 Å². The summed E-state index contributed by atoms with van der Waals surface area (Å²) in [6.07, 6.45) is 0.560. The van der Waals surface area contributed by atoms with Gasteiger partial charge in [-0.2, -0.15) is 0 Å². The number of nitrogens with one attached hydrogen (secondary N) is 1. The molecule has 1 aromatic carbocycles. The second-order valence-electron chi connectivity index (χ2n) is 5.02. The SMILES string of the molecule is COC(=O)[C@@H](CC(C)C)NC(=O)CSc1ccc(Cl)cc1. The molecule has 1 N–H and O–H groups in total. The van der Waals surface area contributed by atoms with E-state index in [-0.39, 0.29) is 11.7 Å². The summed E-state index contributed by atoms with van der Waals surface area (Å²) in [5, 5.41) is 3.38. The van der Waals surface area contributed by atoms with Crippen LogP contribution < -0.4 is 5.32 Å². The van der Waals surface area contributed by atoms with Gasteiger partial charge in [-0.25, -0.2) is 4.79 Å². The molecular formula is C15H20ClNO3S. The van der Waals surface area contributed by atoms with Crippen LogP contribution in [0.25, 0.3) is 0 Å². The molecule has 0 spiro atoms. The lowest BCUT2D eigenvalue weighted by Gasteiger charge is -2.18. The highest BCUT2D eigenvalue weighted by Gasteiger charge is 2.22. The maximum absolute atomic E-state index is 11.9. The van der Waals surface area contributed by atoms with E-state index >= 15 is 0 Å². The van der Waals surface area contributed by atoms with Gasteiger partial charge in [0.25, 0.3) is 0 Å². The molecule has 0 aromatic heterocycles. The number of carbonyl (C=O) groups excluding carboxylic acids is 2. The molecule has 0 fully saturated rings. The predicted molar refractivity (Wildman–Crippen MR) is 85.6 cm³/mol. The maximum atomic E-state index is 11.9. The molecule has 116 valence electrons. The van der Waals surface area contributed by atoms with Crippen molar-refractivity contribution in [3.8, 4) is 0 Å². The summed E-state index contributed by atoms with van der Waals surface area (Å²) in [5.41, 5.74) is 0. The Labute approximate surface area is 134 Å². The monoisotopic (exact) mass is 329 g/mol. The molecule has 0 bridgehead atoms. The number of carbonyl (C=O) groups is 2. The number of methoxy groups -OCH3 is 1. The van der Waals surface area contributed by atoms with Crippen molar-refractivity contribution in [1.29, 1.82) is 0 Å². The van der Waals surface area contributed by atoms with Crippen LogP contribution in [0.4, 0.5) is 0 Å². The first-order chi connectivity index (χ1) is 9.92. The van der Waals surface area contributed by atoms with Crippen molar-refractivity contribution >= 4 is 35.2 Å². The molecule has 0 heterocycles. The lowest BCUT2D eigenvalue weighted by molar-refractivity contribution is -0.145. The van der Waals surface area contributed by atoms with Gasteiger partial charge in [-0.15, -0.1) is 11.8 Å². The lowest BCUT2D eigenvalue weighted by Crippen LogP contribution is -2.43. The normalized spacial score (nSPS) is 12.0. The van der Waals surface area contributed by atoms with Gasteiger partial charge in [-0.1, -0.05) is 25.4 Å². The molecule has 0 aliphatic rings. The van der Waals surface area contributed by atoms with Gasteiger partial charge in [0, 0.05) is 9.92 Å². The van der Waals surface area contributed by atoms with E-state index in [1.165, 1.54) is 18.9 Å². The Morgan fingerprint density at radius 2 is 1.90 bits per heavy atom. The van der Waals surface area contributed by atoms with Crippen LogP contribution in [0.5, 0.6) is 0 Å². The maximum Gasteiger partial charge on any atom is 0.328 e. The molecule has 0 aliphatic heterocycles. The van der Waals surface area contributed by atoms with Crippen molar-refractivity contribution in [2.24, 2.45) is 5.92 Å². The molecule has 21 heavy (non-hydrogen) atoms. The summed E-state index contributed by atoms with van der Waals surface area (Å²) < 4.78 is 4.71. The number of esters is 1. The Balaban J connectivity index is 2.49. The number of hydrogen-bond acceptors (Lipinski definition) is 4. The molecular weight excluding hydrogens is 310 g/mol. The number of halogens is 1. The zero-order valence-electron chi connectivity index (χ0n) is 12.4. The summed E-state index contributed by atoms with van der Waals surface area (Å²) in [5.74, 6) is -0.0643. The van der Waals surface area contributed by atoms with E-state index in [4.69, 9.17) is 16.3 Å². The summed E-state index contributed by atoms with van der Waals surface area (Å²) in [6.45, 7) is 3.98. The summed E-state index contributed by atoms with van der Waals surface area (Å²) in [7, 11) is 1.32. The number of hydrogen-bond donors (Lipinski definition) is 1. The van der Waals surface area contributed by atoms with Gasteiger partial charge in [0.2, 0.25) is 5.91 Å². The minimum absolute atomic E-state index is 0.189. The van der Waals surface area contributed by atoms with Gasteiger partial charge >= 0.3 is 5.97 Å². The fraction of sp³-hybridized carbons (Fsp3) is 0.467. The largest absolute Gasteiger partial charge is 0.467 e. The fourth-order valence-electron chi connectivity index (χ4n) is 1.74. The van der Waals surface area contributed by atoms with Crippen LogP contribution in [-0.2, 0) is 14.3 Å². The predicted octanol–water partition coefficient (Wildman–Crippen LogP) is 3.14. The topological polar surface area (TPSA) is 55.4 Å². The highest BCUT2D eigenvalue weighted by molar-refractivity contribution is 8.00. The van der Waals surface area contributed by atoms with Crippen molar-refractivity contribution in [2.45, 2.75) is 31.2 Å². The third-order valence-electron chi connectivity index (χ3n) is 2.71. The van der Waals surface area contributed by atoms with Crippen LogP contribution in [0.3, 0.4) is 0 Å². The number of rotatable bonds is 7. The smallest absolute Gasteiger partial charge is 0.328 e. The highest BCUT2D eigenvalue weighted by Crippen LogP contribution is 2.20. The van der Waals surface area contributed by atoms with Gasteiger partial charge in [0.15, 0.2) is 0 Å². The second-order valence-corrected chi connectivity index (χ2v) is 6.50. The van der Waals surface area contributed by atoms with Crippen LogP contribution in [0, 0.1) is 5.92 Å². The van der Waals surface area contributed by atoms with E-state index in [2.05, 4.69) is 5.32 Å². The van der Waals surface area contributed by atoms with Crippen molar-refractivity contribution in [3.05, 3.63) is 29.3 Å². The van der Waals surface area contributed by atoms with Crippen LogP contribution in [0.15, 0.2) is 29.2 Å². The summed E-state index contributed by atoms with van der Waals surface area (Å²) >= 11 is 7.20. The van der Waals surface area contributed by atoms with Gasteiger partial charge in [-0.3, -0.25) is 4.79 Å². The molecule has 1 atom stereocenters. The van der Waals surface area contributed by atoms with Crippen LogP contribution in [0.1, 0.15) is 20.3 Å². The van der Waals surface area contributed by atoms with Crippen LogP contribution in [0.2, 0.25) is 5.02 Å². The summed E-state index contributed by atoms with van der Waals surface area (Å²) in [6, 6.07) is 6.67. The molecule has 1 rings (SSSR count). The van der Waals surface area contributed by atoms with E-state index in [0.717, 1.165) is 4.90 Å². The van der Waals surface area contributed by atoms with E-state index in [9.17, 15) is 9.59 Å². The van der Waals surface area contributed by atoms with Crippen molar-refractivity contribution in [2.75, 3.05) is 12.9 Å².